The molecule has 8 nitrogen and oxygen atoms in total. The number of fused-ring (bicyclic) bond motifs is 1. The third-order valence-electron chi connectivity index (χ3n) is 6.71. The van der Waals surface area contributed by atoms with Gasteiger partial charge in [0.05, 0.1) is 5.60 Å². The van der Waals surface area contributed by atoms with E-state index in [0.717, 1.165) is 36.8 Å². The first-order chi connectivity index (χ1) is 14.2. The number of carboxylic acids is 1. The largest absolute Gasteiger partial charge is 0.477 e. The van der Waals surface area contributed by atoms with Gasteiger partial charge in [-0.05, 0) is 73.9 Å². The smallest absolute Gasteiger partial charge is 0.352 e. The maximum Gasteiger partial charge on any atom is 0.352 e. The number of hydrogen-bond donors (Lipinski definition) is 4. The average Bonchev–Trinajstić information content (AvgIpc) is 3.03. The first-order valence-corrected chi connectivity index (χ1v) is 11.5. The molecule has 4 atom stereocenters. The van der Waals surface area contributed by atoms with Gasteiger partial charge in [-0.25, -0.2) is 4.79 Å². The van der Waals surface area contributed by atoms with E-state index in [1.165, 1.54) is 5.56 Å². The van der Waals surface area contributed by atoms with Crippen LogP contribution in [0.4, 0.5) is 0 Å². The standard InChI is InChI=1S/C21H27N3O5S/c1-12-10-21(12,19-22-29-30(27)23-19)24-16-5-4-13(8-15(16)9-17(24)18(25)26)14-6-7-28-20(2,3)11-14/h4-5,8-9,12,14,27,30H,6-7,10-11H2,1-3H3,(H,22,23)(H,25,26)/t12-,14-,21-/m0/s1. The second kappa shape index (κ2) is 6.63. The highest BCUT2D eigenvalue weighted by Gasteiger charge is 2.60. The van der Waals surface area contributed by atoms with Gasteiger partial charge in [-0.15, -0.1) is 0 Å². The summed E-state index contributed by atoms with van der Waals surface area (Å²) >= 11 is -1.84. The highest BCUT2D eigenvalue weighted by Crippen LogP contribution is 2.55. The third-order valence-corrected chi connectivity index (χ3v) is 7.35. The zero-order valence-electron chi connectivity index (χ0n) is 17.3. The van der Waals surface area contributed by atoms with Gasteiger partial charge in [0, 0.05) is 17.5 Å². The number of nitrogens with zero attached hydrogens (tertiary/aromatic N) is 2. The molecule has 5 rings (SSSR count). The van der Waals surface area contributed by atoms with E-state index in [9.17, 15) is 14.5 Å². The molecule has 1 unspecified atom stereocenters. The van der Waals surface area contributed by atoms with Crippen molar-refractivity contribution in [3.8, 4) is 0 Å². The van der Waals surface area contributed by atoms with Crippen LogP contribution in [0.2, 0.25) is 0 Å². The van der Waals surface area contributed by atoms with Crippen molar-refractivity contribution in [2.45, 2.75) is 57.1 Å². The second-order valence-corrected chi connectivity index (χ2v) is 10.2. The number of carbonyl (C=O) groups is 1. The zero-order valence-corrected chi connectivity index (χ0v) is 18.1. The van der Waals surface area contributed by atoms with Crippen molar-refractivity contribution in [3.05, 3.63) is 35.5 Å². The number of amidine groups is 1. The molecule has 2 fully saturated rings. The lowest BCUT2D eigenvalue weighted by Crippen LogP contribution is -2.37. The minimum absolute atomic E-state index is 0.154. The second-order valence-electron chi connectivity index (χ2n) is 9.22. The molecule has 1 saturated carbocycles. The summed E-state index contributed by atoms with van der Waals surface area (Å²) in [5.41, 5.74) is 1.49. The van der Waals surface area contributed by atoms with Crippen molar-refractivity contribution in [2.75, 3.05) is 6.61 Å². The first kappa shape index (κ1) is 19.7. The molecule has 0 radical (unpaired) electrons. The van der Waals surface area contributed by atoms with Crippen molar-refractivity contribution in [3.63, 3.8) is 0 Å². The van der Waals surface area contributed by atoms with Crippen LogP contribution in [0.25, 0.3) is 10.9 Å². The molecule has 1 saturated heterocycles. The molecule has 0 spiro atoms. The number of oxime groups is 1. The van der Waals surface area contributed by atoms with E-state index < -0.39 is 23.2 Å². The number of thiol groups is 1. The molecule has 30 heavy (non-hydrogen) atoms. The molecule has 3 N–H and O–H groups in total. The van der Waals surface area contributed by atoms with Crippen LogP contribution in [0.15, 0.2) is 29.4 Å². The summed E-state index contributed by atoms with van der Waals surface area (Å²) in [7, 11) is 0. The quantitative estimate of drug-likeness (QED) is 0.544. The topological polar surface area (TPSA) is 105 Å². The fraction of sp³-hybridized carbons (Fsp3) is 0.524. The van der Waals surface area contributed by atoms with Crippen LogP contribution in [0.5, 0.6) is 0 Å². The first-order valence-electron chi connectivity index (χ1n) is 10.3. The van der Waals surface area contributed by atoms with E-state index in [1.54, 1.807) is 6.07 Å². The van der Waals surface area contributed by atoms with E-state index in [2.05, 4.69) is 42.8 Å². The number of carboxylic acid groups (broad SMARTS) is 1. The molecule has 1 aliphatic carbocycles. The van der Waals surface area contributed by atoms with Crippen LogP contribution in [0.1, 0.15) is 62.0 Å². The highest BCUT2D eigenvalue weighted by molar-refractivity contribution is 8.06. The number of aromatic nitrogens is 1. The maximum absolute atomic E-state index is 12.1. The number of hydrogen-bond acceptors (Lipinski definition) is 6. The summed E-state index contributed by atoms with van der Waals surface area (Å²) in [6.45, 7) is 7.01. The van der Waals surface area contributed by atoms with E-state index in [4.69, 9.17) is 9.02 Å². The van der Waals surface area contributed by atoms with Crippen LogP contribution < -0.4 is 4.72 Å². The Morgan fingerprint density at radius 2 is 2.10 bits per heavy atom. The fourth-order valence-corrected chi connectivity index (χ4v) is 5.75. The van der Waals surface area contributed by atoms with Gasteiger partial charge in [-0.2, -0.15) is 0 Å². The molecule has 162 valence electrons. The van der Waals surface area contributed by atoms with E-state index in [-0.39, 0.29) is 17.2 Å². The molecule has 3 aliphatic rings. The van der Waals surface area contributed by atoms with Gasteiger partial charge in [-0.1, -0.05) is 24.6 Å². The lowest BCUT2D eigenvalue weighted by molar-refractivity contribution is -0.0592. The molecule has 0 amide bonds. The Morgan fingerprint density at radius 3 is 2.70 bits per heavy atom. The maximum atomic E-state index is 12.1. The Bertz CT molecular complexity index is 1060. The van der Waals surface area contributed by atoms with E-state index in [1.807, 2.05) is 10.6 Å². The Balaban J connectivity index is 1.61. The lowest BCUT2D eigenvalue weighted by Gasteiger charge is -2.35. The minimum atomic E-state index is -1.84. The summed E-state index contributed by atoms with van der Waals surface area (Å²) in [4.78, 5) is 12.1. The normalized spacial score (nSPS) is 33.6. The van der Waals surface area contributed by atoms with Gasteiger partial charge in [0.15, 0.2) is 5.84 Å². The molecular formula is C21H27N3O5S. The van der Waals surface area contributed by atoms with Crippen LogP contribution in [-0.4, -0.2) is 38.2 Å². The summed E-state index contributed by atoms with van der Waals surface area (Å²) < 4.78 is 25.4. The molecule has 2 aromatic rings. The van der Waals surface area contributed by atoms with Crippen molar-refractivity contribution in [1.29, 1.82) is 0 Å². The zero-order chi connectivity index (χ0) is 21.3. The van der Waals surface area contributed by atoms with Crippen molar-refractivity contribution >= 4 is 34.4 Å². The van der Waals surface area contributed by atoms with Crippen LogP contribution in [-0.2, 0) is 14.6 Å². The van der Waals surface area contributed by atoms with E-state index >= 15 is 0 Å². The van der Waals surface area contributed by atoms with Gasteiger partial charge in [-0.3, -0.25) is 13.6 Å². The highest BCUT2D eigenvalue weighted by atomic mass is 32.2. The Kier molecular flexibility index (Phi) is 4.36. The van der Waals surface area contributed by atoms with Crippen molar-refractivity contribution in [2.24, 2.45) is 11.1 Å². The predicted molar refractivity (Wildman–Crippen MR) is 116 cm³/mol. The van der Waals surface area contributed by atoms with E-state index in [0.29, 0.717) is 11.8 Å². The number of benzene rings is 1. The SMILES string of the molecule is C[C@H]1C[C@]1(C1=NO[SH](O)N1)n1c(C(=O)O)cc2cc([C@H]3CCOC(C)(C)C3)ccc21. The predicted octanol–water partition coefficient (Wildman–Crippen LogP) is 3.98. The van der Waals surface area contributed by atoms with Crippen molar-refractivity contribution < 1.29 is 23.5 Å². The molecule has 9 heteroatoms. The lowest BCUT2D eigenvalue weighted by atomic mass is 9.83. The number of ether oxygens (including phenoxy) is 1. The van der Waals surface area contributed by atoms with Gasteiger partial charge >= 0.3 is 5.97 Å². The van der Waals surface area contributed by atoms with Gasteiger partial charge in [0.2, 0.25) is 0 Å². The molecule has 3 heterocycles. The Morgan fingerprint density at radius 1 is 1.33 bits per heavy atom. The molecular weight excluding hydrogens is 406 g/mol. The number of rotatable bonds is 4. The third kappa shape index (κ3) is 2.99. The summed E-state index contributed by atoms with van der Waals surface area (Å²) in [6.07, 6.45) is 2.62. The van der Waals surface area contributed by atoms with Gasteiger partial charge in [0.1, 0.15) is 11.2 Å². The Hall–Kier alpha value is -2.23. The summed E-state index contributed by atoms with van der Waals surface area (Å²) in [6, 6.07) is 7.99. The molecule has 2 aliphatic heterocycles. The Labute approximate surface area is 177 Å². The summed E-state index contributed by atoms with van der Waals surface area (Å²) in [5.74, 6) is 0.0670. The molecule has 1 aromatic heterocycles. The van der Waals surface area contributed by atoms with Crippen molar-refractivity contribution in [1.82, 2.24) is 9.29 Å². The summed E-state index contributed by atoms with van der Waals surface area (Å²) in [5, 5.41) is 14.9. The van der Waals surface area contributed by atoms with Gasteiger partial charge in [0.25, 0.3) is 0 Å². The number of aromatic carboxylic acids is 1. The number of nitrogens with one attached hydrogen (secondary N) is 1. The monoisotopic (exact) mass is 433 g/mol. The van der Waals surface area contributed by atoms with Crippen LogP contribution in [0, 0.1) is 5.92 Å². The van der Waals surface area contributed by atoms with Gasteiger partial charge < -0.3 is 14.4 Å². The van der Waals surface area contributed by atoms with Crippen LogP contribution in [0.3, 0.4) is 0 Å². The molecule has 1 aromatic carbocycles. The fourth-order valence-electron chi connectivity index (χ4n) is 5.13. The molecule has 0 bridgehead atoms. The minimum Gasteiger partial charge on any atom is -0.477 e. The average molecular weight is 434 g/mol. The van der Waals surface area contributed by atoms with Crippen LogP contribution >= 0.6 is 11.6 Å².